The van der Waals surface area contributed by atoms with Crippen LogP contribution in [0.25, 0.3) is 0 Å². The Labute approximate surface area is 95.9 Å². The maximum absolute atomic E-state index is 9.44. The number of aromatic hydroxyl groups is 1. The number of quaternary nitrogens is 1. The van der Waals surface area contributed by atoms with Gasteiger partial charge in [0.1, 0.15) is 11.8 Å². The maximum atomic E-state index is 9.44. The van der Waals surface area contributed by atoms with Crippen LogP contribution >= 0.6 is 0 Å². The number of likely N-dealkylation sites (tertiary alicyclic amines) is 1. The molecule has 16 heavy (non-hydrogen) atoms. The van der Waals surface area contributed by atoms with Crippen molar-refractivity contribution < 1.29 is 10.0 Å². The van der Waals surface area contributed by atoms with E-state index in [4.69, 9.17) is 0 Å². The molecule has 1 aromatic carbocycles. The minimum Gasteiger partial charge on any atom is -0.508 e. The summed E-state index contributed by atoms with van der Waals surface area (Å²) in [5, 5.41) is 18.7. The van der Waals surface area contributed by atoms with Crippen LogP contribution < -0.4 is 4.90 Å². The highest BCUT2D eigenvalue weighted by molar-refractivity contribution is 5.30. The highest BCUT2D eigenvalue weighted by Gasteiger charge is 2.25. The summed E-state index contributed by atoms with van der Waals surface area (Å²) in [4.78, 5) is 1.33. The Balaban J connectivity index is 2.18. The minimum absolute atomic E-state index is 0.132. The first-order valence-corrected chi connectivity index (χ1v) is 5.84. The van der Waals surface area contributed by atoms with Gasteiger partial charge in [0.2, 0.25) is 6.04 Å². The standard InChI is InChI=1S/C13H16N2O/c14-10-13(15-7-2-1-3-8-15)11-5-4-6-12(16)9-11/h4-6,9,13,16H,1-3,7-8H2/p+1/t13-/m1/s1. The molecular formula is C13H17N2O+. The molecule has 0 aliphatic carbocycles. The van der Waals surface area contributed by atoms with Crippen molar-refractivity contribution in [3.05, 3.63) is 29.8 Å². The Kier molecular flexibility index (Phi) is 3.43. The number of rotatable bonds is 2. The van der Waals surface area contributed by atoms with Gasteiger partial charge >= 0.3 is 0 Å². The first kappa shape index (κ1) is 11.0. The zero-order chi connectivity index (χ0) is 11.4. The van der Waals surface area contributed by atoms with Gasteiger partial charge in [0, 0.05) is 5.56 Å². The van der Waals surface area contributed by atoms with Gasteiger partial charge in [-0.1, -0.05) is 12.1 Å². The van der Waals surface area contributed by atoms with Crippen molar-refractivity contribution in [1.82, 2.24) is 0 Å². The molecule has 1 aliphatic rings. The van der Waals surface area contributed by atoms with Crippen LogP contribution in [-0.4, -0.2) is 18.2 Å². The number of phenols is 1. The van der Waals surface area contributed by atoms with E-state index < -0.39 is 0 Å². The molecule has 0 radical (unpaired) electrons. The van der Waals surface area contributed by atoms with Crippen LogP contribution in [0, 0.1) is 11.3 Å². The Hall–Kier alpha value is -1.53. The van der Waals surface area contributed by atoms with E-state index in [0.717, 1.165) is 18.7 Å². The number of benzene rings is 1. The highest BCUT2D eigenvalue weighted by atomic mass is 16.3. The molecule has 1 heterocycles. The molecule has 0 spiro atoms. The third-order valence-electron chi connectivity index (χ3n) is 3.24. The predicted molar refractivity (Wildman–Crippen MR) is 61.0 cm³/mol. The van der Waals surface area contributed by atoms with E-state index in [1.807, 2.05) is 6.07 Å². The van der Waals surface area contributed by atoms with Crippen molar-refractivity contribution in [2.45, 2.75) is 25.3 Å². The topological polar surface area (TPSA) is 48.5 Å². The maximum Gasteiger partial charge on any atom is 0.200 e. The van der Waals surface area contributed by atoms with Crippen LogP contribution in [0.5, 0.6) is 5.75 Å². The first-order chi connectivity index (χ1) is 7.81. The lowest BCUT2D eigenvalue weighted by molar-refractivity contribution is -0.927. The lowest BCUT2D eigenvalue weighted by Crippen LogP contribution is -3.13. The fourth-order valence-electron chi connectivity index (χ4n) is 2.40. The third-order valence-corrected chi connectivity index (χ3v) is 3.24. The van der Waals surface area contributed by atoms with Crippen molar-refractivity contribution in [2.75, 3.05) is 13.1 Å². The number of hydrogen-bond acceptors (Lipinski definition) is 2. The Morgan fingerprint density at radius 2 is 2.00 bits per heavy atom. The fourth-order valence-corrected chi connectivity index (χ4v) is 2.40. The summed E-state index contributed by atoms with van der Waals surface area (Å²) in [5.41, 5.74) is 0.930. The molecule has 1 atom stereocenters. The number of piperidine rings is 1. The number of nitriles is 1. The summed E-state index contributed by atoms with van der Waals surface area (Å²) in [7, 11) is 0. The van der Waals surface area contributed by atoms with Crippen LogP contribution in [-0.2, 0) is 0 Å². The molecule has 1 saturated heterocycles. The van der Waals surface area contributed by atoms with Gasteiger partial charge in [-0.15, -0.1) is 0 Å². The molecule has 0 unspecified atom stereocenters. The Morgan fingerprint density at radius 3 is 2.62 bits per heavy atom. The second-order valence-corrected chi connectivity index (χ2v) is 4.38. The van der Waals surface area contributed by atoms with Crippen molar-refractivity contribution in [3.8, 4) is 11.8 Å². The Morgan fingerprint density at radius 1 is 1.25 bits per heavy atom. The van der Waals surface area contributed by atoms with E-state index in [1.165, 1.54) is 24.2 Å². The molecule has 0 aromatic heterocycles. The molecule has 0 bridgehead atoms. The smallest absolute Gasteiger partial charge is 0.200 e. The van der Waals surface area contributed by atoms with E-state index in [2.05, 4.69) is 6.07 Å². The molecule has 1 aromatic rings. The van der Waals surface area contributed by atoms with Gasteiger partial charge in [0.15, 0.2) is 0 Å². The molecule has 2 rings (SSSR count). The summed E-state index contributed by atoms with van der Waals surface area (Å²) in [6.07, 6.45) is 3.68. The van der Waals surface area contributed by atoms with E-state index in [-0.39, 0.29) is 11.8 Å². The van der Waals surface area contributed by atoms with E-state index in [0.29, 0.717) is 0 Å². The zero-order valence-corrected chi connectivity index (χ0v) is 9.32. The second-order valence-electron chi connectivity index (χ2n) is 4.38. The largest absolute Gasteiger partial charge is 0.508 e. The van der Waals surface area contributed by atoms with Crippen LogP contribution in [0.15, 0.2) is 24.3 Å². The summed E-state index contributed by atoms with van der Waals surface area (Å²) < 4.78 is 0. The molecule has 0 saturated carbocycles. The summed E-state index contributed by atoms with van der Waals surface area (Å²) in [6, 6.07) is 9.31. The van der Waals surface area contributed by atoms with Crippen molar-refractivity contribution >= 4 is 0 Å². The van der Waals surface area contributed by atoms with Crippen LogP contribution in [0.4, 0.5) is 0 Å². The predicted octanol–water partition coefficient (Wildman–Crippen LogP) is 1.03. The van der Waals surface area contributed by atoms with Gasteiger partial charge in [-0.2, -0.15) is 5.26 Å². The second kappa shape index (κ2) is 5.00. The van der Waals surface area contributed by atoms with Gasteiger partial charge in [-0.25, -0.2) is 0 Å². The zero-order valence-electron chi connectivity index (χ0n) is 9.32. The molecule has 1 fully saturated rings. The van der Waals surface area contributed by atoms with E-state index >= 15 is 0 Å². The summed E-state index contributed by atoms with van der Waals surface area (Å²) in [6.45, 7) is 2.13. The summed E-state index contributed by atoms with van der Waals surface area (Å²) >= 11 is 0. The average molecular weight is 217 g/mol. The number of nitrogens with zero attached hydrogens (tertiary/aromatic N) is 1. The normalized spacial score (nSPS) is 18.9. The van der Waals surface area contributed by atoms with Crippen molar-refractivity contribution in [3.63, 3.8) is 0 Å². The van der Waals surface area contributed by atoms with Crippen molar-refractivity contribution in [2.24, 2.45) is 0 Å². The number of phenolic OH excluding ortho intramolecular Hbond substituents is 1. The number of hydrogen-bond donors (Lipinski definition) is 2. The van der Waals surface area contributed by atoms with Gasteiger partial charge in [0.25, 0.3) is 0 Å². The Bertz CT molecular complexity index is 391. The van der Waals surface area contributed by atoms with Gasteiger partial charge < -0.3 is 10.0 Å². The average Bonchev–Trinajstić information content (AvgIpc) is 2.31. The summed E-state index contributed by atoms with van der Waals surface area (Å²) in [5.74, 6) is 0.245. The monoisotopic (exact) mass is 217 g/mol. The van der Waals surface area contributed by atoms with Gasteiger partial charge in [0.05, 0.1) is 13.1 Å². The van der Waals surface area contributed by atoms with Crippen LogP contribution in [0.3, 0.4) is 0 Å². The van der Waals surface area contributed by atoms with Gasteiger partial charge in [-0.05, 0) is 31.4 Å². The molecule has 2 N–H and O–H groups in total. The van der Waals surface area contributed by atoms with Crippen LogP contribution in [0.2, 0.25) is 0 Å². The SMILES string of the molecule is N#C[C@H](c1cccc(O)c1)[NH+]1CCCCC1. The molecule has 3 nitrogen and oxygen atoms in total. The van der Waals surface area contributed by atoms with E-state index in [1.54, 1.807) is 18.2 Å². The molecular weight excluding hydrogens is 200 g/mol. The van der Waals surface area contributed by atoms with Crippen molar-refractivity contribution in [1.29, 1.82) is 5.26 Å². The molecule has 84 valence electrons. The lowest BCUT2D eigenvalue weighted by atomic mass is 10.0. The van der Waals surface area contributed by atoms with Gasteiger partial charge in [-0.3, -0.25) is 0 Å². The minimum atomic E-state index is -0.132. The first-order valence-electron chi connectivity index (χ1n) is 5.84. The number of nitrogens with one attached hydrogen (secondary N) is 1. The highest BCUT2D eigenvalue weighted by Crippen LogP contribution is 2.16. The third kappa shape index (κ3) is 2.34. The molecule has 0 amide bonds. The lowest BCUT2D eigenvalue weighted by Gasteiger charge is -2.27. The fraction of sp³-hybridized carbons (Fsp3) is 0.462. The van der Waals surface area contributed by atoms with Crippen LogP contribution in [0.1, 0.15) is 30.9 Å². The quantitative estimate of drug-likeness (QED) is 0.777. The molecule has 3 heteroatoms. The van der Waals surface area contributed by atoms with E-state index in [9.17, 15) is 10.4 Å². The molecule has 1 aliphatic heterocycles.